The zero-order valence-electron chi connectivity index (χ0n) is 14.0. The fourth-order valence-corrected chi connectivity index (χ4v) is 3.11. The summed E-state index contributed by atoms with van der Waals surface area (Å²) in [5.41, 5.74) is -2.42. The third-order valence-electron chi connectivity index (χ3n) is 3.44. The van der Waals surface area contributed by atoms with Gasteiger partial charge in [0.25, 0.3) is 0 Å². The first-order chi connectivity index (χ1) is 13.5. The Bertz CT molecular complexity index is 1060. The van der Waals surface area contributed by atoms with Crippen molar-refractivity contribution in [2.45, 2.75) is 4.90 Å². The van der Waals surface area contributed by atoms with E-state index >= 15 is 0 Å². The van der Waals surface area contributed by atoms with Crippen LogP contribution in [0.1, 0.15) is 5.56 Å². The predicted molar refractivity (Wildman–Crippen MR) is 87.3 cm³/mol. The summed E-state index contributed by atoms with van der Waals surface area (Å²) in [5, 5.41) is 20.7. The van der Waals surface area contributed by atoms with Gasteiger partial charge in [0.2, 0.25) is 5.82 Å². The first kappa shape index (κ1) is 21.9. The second-order valence-electron chi connectivity index (χ2n) is 5.08. The van der Waals surface area contributed by atoms with Gasteiger partial charge in [-0.25, -0.2) is 26.2 Å². The molecule has 2 aromatic carbocycles. The quantitative estimate of drug-likeness (QED) is 0.224. The lowest BCUT2D eigenvalue weighted by Crippen LogP contribution is -2.09. The van der Waals surface area contributed by atoms with E-state index in [4.69, 9.17) is 4.74 Å². The molecule has 0 fully saturated rings. The Morgan fingerprint density at radius 2 is 1.52 bits per heavy atom. The summed E-state index contributed by atoms with van der Waals surface area (Å²) in [5.74, 6) is -12.2. The molecule has 29 heavy (non-hydrogen) atoms. The van der Waals surface area contributed by atoms with Gasteiger partial charge >= 0.3 is 10.7 Å². The molecule has 14 heteroatoms. The summed E-state index contributed by atoms with van der Waals surface area (Å²) in [4.78, 5) is 19.3. The number of hydrogen-bond acceptors (Lipinski definition) is 6. The lowest BCUT2D eigenvalue weighted by atomic mass is 10.1. The number of nitro groups is 2. The van der Waals surface area contributed by atoms with Crippen LogP contribution >= 0.6 is 0 Å². The molecule has 0 heterocycles. The minimum absolute atomic E-state index is 0.0948. The minimum atomic E-state index is -2.89. The summed E-state index contributed by atoms with van der Waals surface area (Å²) in [6.07, 6.45) is -0.0948. The van der Waals surface area contributed by atoms with Gasteiger partial charge in [-0.2, -0.15) is 0 Å². The summed E-state index contributed by atoms with van der Waals surface area (Å²) in [7, 11) is -1.81. The maximum Gasteiger partial charge on any atom is 0.338 e. The highest BCUT2D eigenvalue weighted by atomic mass is 32.2. The van der Waals surface area contributed by atoms with Crippen LogP contribution < -0.4 is 4.74 Å². The molecule has 0 aliphatic rings. The number of halogens is 5. The van der Waals surface area contributed by atoms with Crippen LogP contribution in [0, 0.1) is 49.3 Å². The van der Waals surface area contributed by atoms with Crippen molar-refractivity contribution in [1.29, 1.82) is 0 Å². The molecule has 8 nitrogen and oxygen atoms in total. The normalized spacial score (nSPS) is 12.6. The molecule has 0 aliphatic carbocycles. The topological polar surface area (TPSA) is 113 Å². The van der Waals surface area contributed by atoms with Gasteiger partial charge in [-0.05, 0) is 12.1 Å². The highest BCUT2D eigenvalue weighted by molar-refractivity contribution is 7.88. The van der Waals surface area contributed by atoms with Gasteiger partial charge in [0.1, 0.15) is 0 Å². The molecule has 0 N–H and O–H groups in total. The third-order valence-corrected chi connectivity index (χ3v) is 4.77. The summed E-state index contributed by atoms with van der Waals surface area (Å²) >= 11 is 0. The van der Waals surface area contributed by atoms with Crippen molar-refractivity contribution in [1.82, 2.24) is 0 Å². The number of hydrogen-bond donors (Lipinski definition) is 0. The first-order valence-electron chi connectivity index (χ1n) is 7.13. The van der Waals surface area contributed by atoms with E-state index in [0.29, 0.717) is 6.07 Å². The van der Waals surface area contributed by atoms with Gasteiger partial charge in [-0.15, -0.1) is 0 Å². The van der Waals surface area contributed by atoms with Gasteiger partial charge in [0.15, 0.2) is 39.8 Å². The second-order valence-corrected chi connectivity index (χ2v) is 6.51. The summed E-state index contributed by atoms with van der Waals surface area (Å²) < 4.78 is 84.3. The third kappa shape index (κ3) is 4.06. The van der Waals surface area contributed by atoms with E-state index in [2.05, 4.69) is 0 Å². The smallest absolute Gasteiger partial charge is 0.338 e. The Labute approximate surface area is 160 Å². The molecule has 1 atom stereocenters. The van der Waals surface area contributed by atoms with E-state index in [1.165, 1.54) is 0 Å². The average Bonchev–Trinajstić information content (AvgIpc) is 2.69. The molecule has 0 radical (unpaired) electrons. The van der Waals surface area contributed by atoms with Crippen molar-refractivity contribution in [3.63, 3.8) is 0 Å². The summed E-state index contributed by atoms with van der Waals surface area (Å²) in [6, 6.07) is 2.53. The molecule has 2 rings (SSSR count). The zero-order chi connectivity index (χ0) is 22.0. The molecule has 1 unspecified atom stereocenters. The van der Waals surface area contributed by atoms with Crippen LogP contribution in [0.5, 0.6) is 5.75 Å². The van der Waals surface area contributed by atoms with Crippen molar-refractivity contribution in [2.75, 3.05) is 7.11 Å². The SMILES string of the molecule is COc1ccc(S(=O)/C(=C/c2c(F)c(F)c(F)c(F)c2F)[N+](=O)[O-])cc1[N+](=O)[O-]. The molecule has 0 aliphatic heterocycles. The molecule has 0 bridgehead atoms. The lowest BCUT2D eigenvalue weighted by Gasteiger charge is -2.06. The standard InChI is InChI=1S/C15H7F5N2O6S/c1-28-9-3-2-6(4-8(9)21(23)24)29(27)10(22(25)26)5-7-11(16)13(18)15(20)14(19)12(7)17/h2-5H,1H3/b10-5+. The van der Waals surface area contributed by atoms with E-state index in [1.807, 2.05) is 0 Å². The largest absolute Gasteiger partial charge is 0.490 e. The van der Waals surface area contributed by atoms with Crippen LogP contribution in [0.15, 0.2) is 28.1 Å². The minimum Gasteiger partial charge on any atom is -0.490 e. The van der Waals surface area contributed by atoms with Crippen molar-refractivity contribution in [3.05, 3.63) is 78.1 Å². The van der Waals surface area contributed by atoms with Gasteiger partial charge in [0, 0.05) is 12.1 Å². The number of methoxy groups -OCH3 is 1. The number of benzene rings is 2. The molecule has 0 aromatic heterocycles. The van der Waals surface area contributed by atoms with E-state index in [9.17, 15) is 46.4 Å². The molecular formula is C15H7F5N2O6S. The highest BCUT2D eigenvalue weighted by Gasteiger charge is 2.30. The Morgan fingerprint density at radius 1 is 1.00 bits per heavy atom. The fraction of sp³-hybridized carbons (Fsp3) is 0.0667. The predicted octanol–water partition coefficient (Wildman–Crippen LogP) is 3.68. The molecule has 0 spiro atoms. The molecule has 0 amide bonds. The number of rotatable bonds is 6. The monoisotopic (exact) mass is 438 g/mol. The van der Waals surface area contributed by atoms with Gasteiger partial charge in [0.05, 0.1) is 27.4 Å². The molecule has 0 saturated heterocycles. The Hall–Kier alpha value is -3.42. The van der Waals surface area contributed by atoms with E-state index in [1.54, 1.807) is 0 Å². The number of ether oxygens (including phenoxy) is 1. The van der Waals surface area contributed by atoms with Crippen molar-refractivity contribution >= 4 is 22.6 Å². The van der Waals surface area contributed by atoms with Crippen molar-refractivity contribution in [3.8, 4) is 5.75 Å². The van der Waals surface area contributed by atoms with Crippen molar-refractivity contribution < 1.29 is 40.7 Å². The second kappa shape index (κ2) is 8.30. The van der Waals surface area contributed by atoms with Gasteiger partial charge < -0.3 is 4.74 Å². The van der Waals surface area contributed by atoms with Crippen LogP contribution in [-0.4, -0.2) is 21.2 Å². The highest BCUT2D eigenvalue weighted by Crippen LogP contribution is 2.31. The maximum atomic E-state index is 13.8. The zero-order valence-corrected chi connectivity index (χ0v) is 14.8. The van der Waals surface area contributed by atoms with Crippen molar-refractivity contribution in [2.24, 2.45) is 0 Å². The van der Waals surface area contributed by atoms with Crippen LogP contribution in [0.2, 0.25) is 0 Å². The van der Waals surface area contributed by atoms with E-state index < -0.39 is 70.9 Å². The van der Waals surface area contributed by atoms with Crippen LogP contribution in [0.25, 0.3) is 6.08 Å². The fourth-order valence-electron chi connectivity index (χ4n) is 2.09. The summed E-state index contributed by atoms with van der Waals surface area (Å²) in [6.45, 7) is 0. The maximum absolute atomic E-state index is 13.8. The molecule has 0 saturated carbocycles. The Balaban J connectivity index is 2.68. The van der Waals surface area contributed by atoms with Gasteiger partial charge in [-0.3, -0.25) is 20.2 Å². The van der Waals surface area contributed by atoms with E-state index in [-0.39, 0.29) is 11.8 Å². The lowest BCUT2D eigenvalue weighted by molar-refractivity contribution is -0.409. The first-order valence-corrected chi connectivity index (χ1v) is 8.27. The number of nitro benzene ring substituents is 1. The van der Waals surface area contributed by atoms with Crippen LogP contribution in [0.4, 0.5) is 27.6 Å². The molecule has 2 aromatic rings. The Kier molecular flexibility index (Phi) is 6.26. The number of nitrogens with zero attached hydrogens (tertiary/aromatic N) is 2. The van der Waals surface area contributed by atoms with E-state index in [0.717, 1.165) is 19.2 Å². The van der Waals surface area contributed by atoms with Gasteiger partial charge in [-0.1, -0.05) is 0 Å². The van der Waals surface area contributed by atoms with Crippen LogP contribution in [0.3, 0.4) is 0 Å². The van der Waals surface area contributed by atoms with Crippen LogP contribution in [-0.2, 0) is 10.8 Å². The average molecular weight is 438 g/mol. The Morgan fingerprint density at radius 3 is 1.97 bits per heavy atom. The molecule has 154 valence electrons. The molecular weight excluding hydrogens is 431 g/mol.